The molecule has 0 saturated carbocycles. The molecule has 0 spiro atoms. The summed E-state index contributed by atoms with van der Waals surface area (Å²) in [6.45, 7) is 3.27. The van der Waals surface area contributed by atoms with Gasteiger partial charge in [0, 0.05) is 44.2 Å². The number of ether oxygens (including phenoxy) is 1. The normalized spacial score (nSPS) is 18.1. The number of nitrogens with zero attached hydrogens (tertiary/aromatic N) is 4. The van der Waals surface area contributed by atoms with E-state index in [0.717, 1.165) is 36.9 Å². The molecule has 7 nitrogen and oxygen atoms in total. The number of amides is 2. The van der Waals surface area contributed by atoms with Crippen LogP contribution >= 0.6 is 0 Å². The van der Waals surface area contributed by atoms with Crippen LogP contribution in [0.4, 0.5) is 32.2 Å². The number of fused-ring (bicyclic) bond motifs is 1. The van der Waals surface area contributed by atoms with Crippen LogP contribution < -0.4 is 9.64 Å². The minimum absolute atomic E-state index is 0.0557. The Labute approximate surface area is 261 Å². The van der Waals surface area contributed by atoms with E-state index >= 15 is 0 Å². The van der Waals surface area contributed by atoms with E-state index in [0.29, 0.717) is 43.0 Å². The summed E-state index contributed by atoms with van der Waals surface area (Å²) < 4.78 is 87.2. The van der Waals surface area contributed by atoms with Crippen molar-refractivity contribution in [3.05, 3.63) is 76.3 Å². The largest absolute Gasteiger partial charge is 0.475 e. The number of halogens is 6. The van der Waals surface area contributed by atoms with E-state index in [9.17, 15) is 35.9 Å². The van der Waals surface area contributed by atoms with Crippen molar-refractivity contribution in [3.8, 4) is 17.0 Å². The first kappa shape index (κ1) is 31.7. The molecule has 6 rings (SSSR count). The van der Waals surface area contributed by atoms with Crippen molar-refractivity contribution in [1.82, 2.24) is 14.8 Å². The number of aryl methyl sites for hydroxylation is 1. The highest BCUT2D eigenvalue weighted by molar-refractivity contribution is 6.04. The number of likely N-dealkylation sites (tertiary alicyclic amines) is 1. The first-order chi connectivity index (χ1) is 21.8. The van der Waals surface area contributed by atoms with Gasteiger partial charge < -0.3 is 19.4 Å². The quantitative estimate of drug-likeness (QED) is 0.288. The summed E-state index contributed by atoms with van der Waals surface area (Å²) in [6, 6.07) is 10.7. The second kappa shape index (κ2) is 12.1. The molecule has 2 saturated heterocycles. The molecule has 1 aromatic heterocycles. The molecule has 2 aromatic carbocycles. The van der Waals surface area contributed by atoms with Gasteiger partial charge in [-0.15, -0.1) is 0 Å². The van der Waals surface area contributed by atoms with E-state index in [1.54, 1.807) is 6.07 Å². The third-order valence-corrected chi connectivity index (χ3v) is 8.87. The molecule has 3 aromatic rings. The van der Waals surface area contributed by atoms with E-state index in [1.165, 1.54) is 4.90 Å². The zero-order valence-corrected chi connectivity index (χ0v) is 25.0. The average molecular weight is 647 g/mol. The van der Waals surface area contributed by atoms with Crippen LogP contribution in [0.1, 0.15) is 58.3 Å². The van der Waals surface area contributed by atoms with Gasteiger partial charge in [0.1, 0.15) is 18.0 Å². The number of anilines is 1. The van der Waals surface area contributed by atoms with Gasteiger partial charge in [0.05, 0.1) is 17.7 Å². The third kappa shape index (κ3) is 6.36. The lowest BCUT2D eigenvalue weighted by atomic mass is 9.95. The van der Waals surface area contributed by atoms with E-state index < -0.39 is 35.9 Å². The third-order valence-electron chi connectivity index (χ3n) is 8.87. The first-order valence-electron chi connectivity index (χ1n) is 15.2. The number of rotatable bonds is 5. The van der Waals surface area contributed by atoms with Crippen LogP contribution in [0.25, 0.3) is 11.1 Å². The molecule has 0 unspecified atom stereocenters. The second-order valence-corrected chi connectivity index (χ2v) is 11.9. The number of carbonyl (C=O) groups excluding carboxylic acids is 2. The highest BCUT2D eigenvalue weighted by atomic mass is 19.4. The summed E-state index contributed by atoms with van der Waals surface area (Å²) in [6.07, 6.45) is -7.06. The zero-order valence-electron chi connectivity index (χ0n) is 25.0. The predicted octanol–water partition coefficient (Wildman–Crippen LogP) is 6.72. The van der Waals surface area contributed by atoms with Gasteiger partial charge in [0.15, 0.2) is 0 Å². The molecule has 0 bridgehead atoms. The predicted molar refractivity (Wildman–Crippen MR) is 157 cm³/mol. The molecule has 0 N–H and O–H groups in total. The second-order valence-electron chi connectivity index (χ2n) is 11.9. The lowest BCUT2D eigenvalue weighted by molar-refractivity contribution is -0.143. The van der Waals surface area contributed by atoms with Crippen molar-refractivity contribution in [2.24, 2.45) is 0 Å². The average Bonchev–Trinajstić information content (AvgIpc) is 3.38. The monoisotopic (exact) mass is 646 g/mol. The first-order valence-corrected chi connectivity index (χ1v) is 15.2. The van der Waals surface area contributed by atoms with Crippen LogP contribution in [0.3, 0.4) is 0 Å². The standard InChI is InChI=1S/C33H32F6N4O3/c1-20-5-2-3-6-25(20)26-18-27(41-11-8-24(9-12-41)43-10-4-7-28(43)44)40-30-29(26)31(45)42(13-14-46-30)19-21-15-22(32(34,35)36)17-23(16-21)33(37,38)39/h2-3,5-6,15-18,24H,4,7-14,19H2,1H3. The summed E-state index contributed by atoms with van der Waals surface area (Å²) in [7, 11) is 0. The molecule has 3 aliphatic heterocycles. The molecule has 2 amide bonds. The fourth-order valence-corrected chi connectivity index (χ4v) is 6.53. The Morgan fingerprint density at radius 3 is 2.15 bits per heavy atom. The number of carbonyl (C=O) groups is 2. The van der Waals surface area contributed by atoms with Crippen molar-refractivity contribution < 1.29 is 40.7 Å². The number of aromatic nitrogens is 1. The number of alkyl halides is 6. The minimum atomic E-state index is -5.01. The molecule has 13 heteroatoms. The van der Waals surface area contributed by atoms with Gasteiger partial charge in [-0.1, -0.05) is 24.3 Å². The summed E-state index contributed by atoms with van der Waals surface area (Å²) in [5.41, 5.74) is -1.02. The lowest BCUT2D eigenvalue weighted by Crippen LogP contribution is -2.45. The van der Waals surface area contributed by atoms with E-state index in [1.807, 2.05) is 36.1 Å². The van der Waals surface area contributed by atoms with Gasteiger partial charge in [0.2, 0.25) is 11.8 Å². The molecule has 244 valence electrons. The molecule has 46 heavy (non-hydrogen) atoms. The van der Waals surface area contributed by atoms with E-state index in [4.69, 9.17) is 9.72 Å². The SMILES string of the molecule is Cc1ccccc1-c1cc(N2CCC(N3CCCC3=O)CC2)nc2c1C(=O)N(Cc1cc(C(F)(F)F)cc(C(F)(F)F)c1)CCO2. The fraction of sp³-hybridized carbons (Fsp3) is 0.424. The molecule has 3 aliphatic rings. The van der Waals surface area contributed by atoms with Crippen LogP contribution in [-0.4, -0.2) is 65.4 Å². The zero-order chi connectivity index (χ0) is 32.8. The molecular formula is C33H32F6N4O3. The van der Waals surface area contributed by atoms with Crippen molar-refractivity contribution in [2.45, 2.75) is 57.5 Å². The number of hydrogen-bond donors (Lipinski definition) is 0. The Morgan fingerprint density at radius 2 is 1.54 bits per heavy atom. The van der Waals surface area contributed by atoms with Crippen LogP contribution in [0.5, 0.6) is 5.88 Å². The number of hydrogen-bond acceptors (Lipinski definition) is 5. The summed E-state index contributed by atoms with van der Waals surface area (Å²) in [4.78, 5) is 36.4. The maximum atomic E-state index is 14.1. The van der Waals surface area contributed by atoms with E-state index in [2.05, 4.69) is 4.90 Å². The number of piperidine rings is 1. The van der Waals surface area contributed by atoms with Crippen molar-refractivity contribution in [2.75, 3.05) is 37.7 Å². The Morgan fingerprint density at radius 1 is 0.870 bits per heavy atom. The number of benzene rings is 2. The van der Waals surface area contributed by atoms with Crippen molar-refractivity contribution in [3.63, 3.8) is 0 Å². The Bertz CT molecular complexity index is 1620. The smallest absolute Gasteiger partial charge is 0.416 e. The highest BCUT2D eigenvalue weighted by Crippen LogP contribution is 2.40. The highest BCUT2D eigenvalue weighted by Gasteiger charge is 2.38. The van der Waals surface area contributed by atoms with Gasteiger partial charge >= 0.3 is 12.4 Å². The van der Waals surface area contributed by atoms with Crippen LogP contribution in [0, 0.1) is 6.92 Å². The van der Waals surface area contributed by atoms with Gasteiger partial charge in [-0.2, -0.15) is 31.3 Å². The summed E-state index contributed by atoms with van der Waals surface area (Å²) in [5, 5.41) is 0. The van der Waals surface area contributed by atoms with Gasteiger partial charge in [-0.25, -0.2) is 0 Å². The molecule has 2 fully saturated rings. The van der Waals surface area contributed by atoms with Gasteiger partial charge in [0.25, 0.3) is 5.91 Å². The Hall–Kier alpha value is -4.29. The van der Waals surface area contributed by atoms with Gasteiger partial charge in [-0.05, 0) is 67.1 Å². The lowest BCUT2D eigenvalue weighted by Gasteiger charge is -2.37. The minimum Gasteiger partial charge on any atom is -0.475 e. The fourth-order valence-electron chi connectivity index (χ4n) is 6.53. The molecule has 0 atom stereocenters. The molecule has 4 heterocycles. The Kier molecular flexibility index (Phi) is 8.36. The van der Waals surface area contributed by atoms with Gasteiger partial charge in [-0.3, -0.25) is 9.59 Å². The summed E-state index contributed by atoms with van der Waals surface area (Å²) >= 11 is 0. The van der Waals surface area contributed by atoms with Crippen LogP contribution in [-0.2, 0) is 23.7 Å². The Balaban J connectivity index is 1.35. The van der Waals surface area contributed by atoms with Crippen LogP contribution in [0.2, 0.25) is 0 Å². The molecular weight excluding hydrogens is 614 g/mol. The van der Waals surface area contributed by atoms with Crippen molar-refractivity contribution in [1.29, 1.82) is 0 Å². The maximum absolute atomic E-state index is 14.1. The number of pyridine rings is 1. The van der Waals surface area contributed by atoms with E-state index in [-0.39, 0.29) is 48.2 Å². The van der Waals surface area contributed by atoms with Crippen molar-refractivity contribution >= 4 is 17.6 Å². The molecule has 0 radical (unpaired) electrons. The molecule has 0 aliphatic carbocycles. The summed E-state index contributed by atoms with van der Waals surface area (Å²) in [5.74, 6) is 0.207. The topological polar surface area (TPSA) is 66.0 Å². The van der Waals surface area contributed by atoms with Crippen LogP contribution in [0.15, 0.2) is 48.5 Å². The maximum Gasteiger partial charge on any atom is 0.416 e.